The summed E-state index contributed by atoms with van der Waals surface area (Å²) in [5.74, 6) is -2.07. The average molecular weight is 306 g/mol. The third-order valence-corrected chi connectivity index (χ3v) is 3.51. The molecule has 1 unspecified atom stereocenters. The molecule has 22 heavy (non-hydrogen) atoms. The third-order valence-electron chi connectivity index (χ3n) is 3.51. The number of nitrogens with zero attached hydrogens (tertiary/aromatic N) is 2. The second-order valence-electron chi connectivity index (χ2n) is 5.37. The largest absolute Gasteiger partial charge is 0.507 e. The molecule has 2 rings (SSSR count). The molecule has 0 spiro atoms. The molecular weight excluding hydrogens is 288 g/mol. The Balaban J connectivity index is 2.46. The van der Waals surface area contributed by atoms with Gasteiger partial charge < -0.3 is 14.9 Å². The number of carbonyl (C=O) groups is 2. The van der Waals surface area contributed by atoms with E-state index >= 15 is 0 Å². The van der Waals surface area contributed by atoms with Crippen LogP contribution in [-0.4, -0.2) is 45.6 Å². The van der Waals surface area contributed by atoms with Crippen LogP contribution in [0.25, 0.3) is 0 Å². The minimum atomic E-state index is -2.20. The summed E-state index contributed by atoms with van der Waals surface area (Å²) in [6.45, 7) is 3.68. The number of rotatable bonds is 3. The van der Waals surface area contributed by atoms with E-state index < -0.39 is 17.6 Å². The summed E-state index contributed by atoms with van der Waals surface area (Å²) in [4.78, 5) is 24.5. The minimum Gasteiger partial charge on any atom is -0.507 e. The Morgan fingerprint density at radius 2 is 2.00 bits per heavy atom. The summed E-state index contributed by atoms with van der Waals surface area (Å²) in [5.41, 5.74) is -1.76. The van der Waals surface area contributed by atoms with Gasteiger partial charge in [0.15, 0.2) is 0 Å². The first-order valence-corrected chi connectivity index (χ1v) is 6.82. The molecule has 1 aromatic rings. The number of benzene rings is 1. The molecule has 1 heterocycles. The van der Waals surface area contributed by atoms with Crippen molar-refractivity contribution in [3.8, 4) is 5.75 Å². The van der Waals surface area contributed by atoms with Crippen LogP contribution in [0.15, 0.2) is 29.4 Å². The third kappa shape index (κ3) is 2.55. The fourth-order valence-corrected chi connectivity index (χ4v) is 2.20. The minimum absolute atomic E-state index is 0.0569. The molecule has 2 N–H and O–H groups in total. The Hall–Kier alpha value is -2.41. The number of amides is 1. The molecule has 7 nitrogen and oxygen atoms in total. The first-order chi connectivity index (χ1) is 10.3. The lowest BCUT2D eigenvalue weighted by Crippen LogP contribution is -2.53. The number of esters is 1. The highest BCUT2D eigenvalue weighted by molar-refractivity contribution is 6.04. The number of phenolic OH excluding ortho intramolecular Hbond substituents is 1. The van der Waals surface area contributed by atoms with E-state index in [9.17, 15) is 19.8 Å². The Morgan fingerprint density at radius 3 is 2.55 bits per heavy atom. The van der Waals surface area contributed by atoms with Crippen molar-refractivity contribution in [2.75, 3.05) is 7.11 Å². The maximum absolute atomic E-state index is 12.6. The summed E-state index contributed by atoms with van der Waals surface area (Å²) in [6, 6.07) is 5.85. The molecule has 7 heteroatoms. The summed E-state index contributed by atoms with van der Waals surface area (Å²) in [7, 11) is 1.12. The van der Waals surface area contributed by atoms with Crippen LogP contribution in [0.2, 0.25) is 0 Å². The highest BCUT2D eigenvalue weighted by Gasteiger charge is 2.52. The van der Waals surface area contributed by atoms with E-state index in [1.54, 1.807) is 12.1 Å². The second kappa shape index (κ2) is 5.76. The van der Waals surface area contributed by atoms with Gasteiger partial charge in [0.25, 0.3) is 11.6 Å². The number of phenols is 1. The summed E-state index contributed by atoms with van der Waals surface area (Å²) in [5, 5.41) is 25.1. The summed E-state index contributed by atoms with van der Waals surface area (Å²) in [6.07, 6.45) is -0.128. The van der Waals surface area contributed by atoms with E-state index in [-0.39, 0.29) is 23.7 Å². The van der Waals surface area contributed by atoms with Crippen molar-refractivity contribution >= 4 is 17.6 Å². The zero-order valence-corrected chi connectivity index (χ0v) is 12.6. The zero-order valence-electron chi connectivity index (χ0n) is 12.6. The van der Waals surface area contributed by atoms with Crippen molar-refractivity contribution in [2.24, 2.45) is 11.0 Å². The van der Waals surface area contributed by atoms with Gasteiger partial charge in [0.2, 0.25) is 0 Å². The zero-order chi connectivity index (χ0) is 16.5. The molecular formula is C15H18N2O5. The number of ether oxygens (including phenoxy) is 1. The molecule has 1 amide bonds. The Morgan fingerprint density at radius 1 is 1.36 bits per heavy atom. The van der Waals surface area contributed by atoms with Crippen LogP contribution in [0.1, 0.15) is 30.6 Å². The number of para-hydroxylation sites is 1. The summed E-state index contributed by atoms with van der Waals surface area (Å²) < 4.78 is 4.59. The number of methoxy groups -OCH3 is 1. The highest BCUT2D eigenvalue weighted by atomic mass is 16.5. The summed E-state index contributed by atoms with van der Waals surface area (Å²) >= 11 is 0. The number of aliphatic hydroxyl groups is 1. The number of hydrogen-bond donors (Lipinski definition) is 2. The van der Waals surface area contributed by atoms with Crippen LogP contribution in [0.5, 0.6) is 5.75 Å². The van der Waals surface area contributed by atoms with Crippen LogP contribution in [0.3, 0.4) is 0 Å². The molecule has 0 saturated heterocycles. The Bertz CT molecular complexity index is 641. The monoisotopic (exact) mass is 306 g/mol. The first-order valence-electron chi connectivity index (χ1n) is 6.82. The van der Waals surface area contributed by atoms with Crippen LogP contribution >= 0.6 is 0 Å². The van der Waals surface area contributed by atoms with E-state index in [4.69, 9.17) is 0 Å². The average Bonchev–Trinajstić information content (AvgIpc) is 2.85. The van der Waals surface area contributed by atoms with E-state index in [1.807, 2.05) is 13.8 Å². The molecule has 0 aromatic heterocycles. The molecule has 1 aromatic carbocycles. The van der Waals surface area contributed by atoms with E-state index in [0.717, 1.165) is 7.11 Å². The molecule has 0 aliphatic carbocycles. The van der Waals surface area contributed by atoms with Crippen molar-refractivity contribution in [3.05, 3.63) is 29.8 Å². The maximum Gasteiger partial charge on any atom is 0.361 e. The first kappa shape index (κ1) is 16.0. The number of hydrazone groups is 1. The Kier molecular flexibility index (Phi) is 4.18. The molecule has 1 atom stereocenters. The van der Waals surface area contributed by atoms with Gasteiger partial charge in [-0.15, -0.1) is 0 Å². The fourth-order valence-electron chi connectivity index (χ4n) is 2.20. The topological polar surface area (TPSA) is 99.4 Å². The molecule has 118 valence electrons. The number of carbonyl (C=O) groups excluding carboxylic acids is 2. The van der Waals surface area contributed by atoms with Gasteiger partial charge in [-0.25, -0.2) is 4.79 Å². The van der Waals surface area contributed by atoms with Gasteiger partial charge in [-0.1, -0.05) is 26.0 Å². The van der Waals surface area contributed by atoms with Crippen molar-refractivity contribution in [2.45, 2.75) is 26.0 Å². The smallest absolute Gasteiger partial charge is 0.361 e. The van der Waals surface area contributed by atoms with Crippen molar-refractivity contribution in [1.29, 1.82) is 0 Å². The quantitative estimate of drug-likeness (QED) is 0.815. The van der Waals surface area contributed by atoms with Gasteiger partial charge in [0, 0.05) is 12.1 Å². The van der Waals surface area contributed by atoms with E-state index in [0.29, 0.717) is 10.7 Å². The Labute approximate surface area is 127 Å². The van der Waals surface area contributed by atoms with Gasteiger partial charge in [-0.2, -0.15) is 10.1 Å². The lowest BCUT2D eigenvalue weighted by atomic mass is 9.99. The lowest BCUT2D eigenvalue weighted by Gasteiger charge is -2.28. The van der Waals surface area contributed by atoms with E-state index in [2.05, 4.69) is 9.84 Å². The molecule has 0 bridgehead atoms. The van der Waals surface area contributed by atoms with Gasteiger partial charge in [0.05, 0.1) is 12.7 Å². The van der Waals surface area contributed by atoms with Crippen LogP contribution in [0, 0.1) is 5.92 Å². The second-order valence-corrected chi connectivity index (χ2v) is 5.37. The molecule has 1 aliphatic heterocycles. The number of hydrogen-bond acceptors (Lipinski definition) is 6. The van der Waals surface area contributed by atoms with E-state index in [1.165, 1.54) is 12.1 Å². The van der Waals surface area contributed by atoms with Gasteiger partial charge in [-0.05, 0) is 18.1 Å². The van der Waals surface area contributed by atoms with Crippen molar-refractivity contribution < 1.29 is 24.5 Å². The van der Waals surface area contributed by atoms with Gasteiger partial charge in [0.1, 0.15) is 5.75 Å². The van der Waals surface area contributed by atoms with Crippen molar-refractivity contribution in [1.82, 2.24) is 5.01 Å². The predicted molar refractivity (Wildman–Crippen MR) is 78.1 cm³/mol. The van der Waals surface area contributed by atoms with Crippen LogP contribution in [0.4, 0.5) is 0 Å². The maximum atomic E-state index is 12.6. The molecule has 1 aliphatic rings. The normalized spacial score (nSPS) is 21.0. The van der Waals surface area contributed by atoms with Crippen LogP contribution < -0.4 is 0 Å². The number of aromatic hydroxyl groups is 1. The highest BCUT2D eigenvalue weighted by Crippen LogP contribution is 2.32. The standard InChI is InChI=1S/C15H18N2O5/c1-9(2)11-8-15(21,14(20)22-3)17(16-11)13(19)10-6-4-5-7-12(10)18/h4-7,9,18,21H,8H2,1-3H3. The predicted octanol–water partition coefficient (Wildman–Crippen LogP) is 1.11. The van der Waals surface area contributed by atoms with Crippen molar-refractivity contribution in [3.63, 3.8) is 0 Å². The molecule has 0 radical (unpaired) electrons. The SMILES string of the molecule is COC(=O)C1(O)CC(C(C)C)=NN1C(=O)c1ccccc1O. The lowest BCUT2D eigenvalue weighted by molar-refractivity contribution is -0.176. The van der Waals surface area contributed by atoms with Gasteiger partial charge >= 0.3 is 5.97 Å². The molecule has 0 fully saturated rings. The van der Waals surface area contributed by atoms with Crippen LogP contribution in [-0.2, 0) is 9.53 Å². The fraction of sp³-hybridized carbons (Fsp3) is 0.400. The van der Waals surface area contributed by atoms with Gasteiger partial charge in [-0.3, -0.25) is 4.79 Å². The molecule has 0 saturated carbocycles.